The van der Waals surface area contributed by atoms with Crippen LogP contribution in [0.25, 0.3) is 0 Å². The standard InChI is InChI=1S/C10H18N2.C10H17NO.C9H15NO2.C9H17NO.C8H11NO.C6H11NO.C5H11NO.C3H4O/c1-11-8-4-10(5-9-11)12-6-2-3-7-12;1-7-8-3-4-10(12)9(7)6-11(2)5-8;1-10-4-6-2-3-8(11)7(5-10)9(6)12;1-10-5-7-2-3-9(11)8(4-7)6-10;10-8-6-1-5-2-7(8)9(3-5)4-6;1-7-4-2-6(8)3-5-7;7-5-1-3-6-4-2-5;1-2-3-4/h4H,2-3,5-9H2,1H3;8-10,12H,1,3-6H2,2H3;6-8,11H,2-5H2,1H3;7-9,11H,2-6H2,1H3;5-7H,1-4H2;2-5H2,1H3;5-7H,1-4H2;2-3H,1H2. The Morgan fingerprint density at radius 3 is 1.74 bits per heavy atom. The number of likely N-dealkylation sites (tertiary alicyclic amines) is 5. The number of aliphatic hydroxyl groups is 4. The van der Waals surface area contributed by atoms with Crippen LogP contribution in [-0.4, -0.2) is 249 Å². The normalized spacial score (nSPS) is 36.9. The van der Waals surface area contributed by atoms with Gasteiger partial charge in [0.1, 0.15) is 17.9 Å². The van der Waals surface area contributed by atoms with E-state index in [0.29, 0.717) is 53.3 Å². The zero-order valence-electron chi connectivity index (χ0n) is 47.8. The van der Waals surface area contributed by atoms with Crippen molar-refractivity contribution in [3.8, 4) is 0 Å². The van der Waals surface area contributed by atoms with Crippen LogP contribution < -0.4 is 5.32 Å². The van der Waals surface area contributed by atoms with Gasteiger partial charge in [0.25, 0.3) is 0 Å². The van der Waals surface area contributed by atoms with Crippen LogP contribution in [0.1, 0.15) is 103 Å². The summed E-state index contributed by atoms with van der Waals surface area (Å²) in [6, 6.07) is 0.365. The van der Waals surface area contributed by atoms with E-state index in [2.05, 4.69) is 80.0 Å². The van der Waals surface area contributed by atoms with Gasteiger partial charge in [0, 0.05) is 128 Å². The highest BCUT2D eigenvalue weighted by molar-refractivity contribution is 5.90. The number of fused-ring (bicyclic) bond motifs is 6. The van der Waals surface area contributed by atoms with E-state index in [1.165, 1.54) is 89.3 Å². The molecular formula is C60H104N8O8. The lowest BCUT2D eigenvalue weighted by molar-refractivity contribution is -0.140. The zero-order chi connectivity index (χ0) is 54.9. The first-order chi connectivity index (χ1) is 36.4. The van der Waals surface area contributed by atoms with E-state index < -0.39 is 0 Å². The molecule has 0 aromatic rings. The Hall–Kier alpha value is -2.74. The van der Waals surface area contributed by atoms with Crippen LogP contribution in [0.15, 0.2) is 36.6 Å². The van der Waals surface area contributed by atoms with Crippen LogP contribution in [-0.2, 0) is 19.2 Å². The maximum Gasteiger partial charge on any atom is 0.154 e. The molecule has 16 heteroatoms. The summed E-state index contributed by atoms with van der Waals surface area (Å²) in [4.78, 5) is 58.9. The van der Waals surface area contributed by atoms with Crippen LogP contribution in [0.5, 0.6) is 0 Å². The van der Waals surface area contributed by atoms with Crippen molar-refractivity contribution in [1.29, 1.82) is 0 Å². The summed E-state index contributed by atoms with van der Waals surface area (Å²) in [5.41, 5.74) is 2.90. The van der Waals surface area contributed by atoms with Crippen molar-refractivity contribution in [3.05, 3.63) is 36.6 Å². The molecule has 10 bridgehead atoms. The lowest BCUT2D eigenvalue weighted by atomic mass is 9.73. The lowest BCUT2D eigenvalue weighted by Crippen LogP contribution is -2.52. The van der Waals surface area contributed by atoms with Gasteiger partial charge >= 0.3 is 0 Å². The Labute approximate surface area is 458 Å². The minimum Gasteiger partial charge on any atom is -0.393 e. The largest absolute Gasteiger partial charge is 0.393 e. The molecule has 0 spiro atoms. The number of hydrogen-bond acceptors (Lipinski definition) is 16. The molecule has 13 atom stereocenters. The minimum atomic E-state index is -0.378. The van der Waals surface area contributed by atoms with E-state index in [4.69, 9.17) is 9.90 Å². The fourth-order valence-corrected chi connectivity index (χ4v) is 14.2. The predicted octanol–water partition coefficient (Wildman–Crippen LogP) is 3.44. The quantitative estimate of drug-likeness (QED) is 0.154. The zero-order valence-corrected chi connectivity index (χ0v) is 47.8. The molecule has 0 radical (unpaired) electrons. The summed E-state index contributed by atoms with van der Waals surface area (Å²) in [6.45, 7) is 24.5. The smallest absolute Gasteiger partial charge is 0.154 e. The second-order valence-corrected chi connectivity index (χ2v) is 25.0. The van der Waals surface area contributed by atoms with E-state index in [1.54, 1.807) is 5.70 Å². The molecule has 14 aliphatic rings. The number of nitrogens with one attached hydrogen (secondary N) is 1. The van der Waals surface area contributed by atoms with Gasteiger partial charge in [-0.25, -0.2) is 0 Å². The fraction of sp³-hybridized carbons (Fsp3) is 0.833. The summed E-state index contributed by atoms with van der Waals surface area (Å²) >= 11 is 0. The Balaban J connectivity index is 0.000000143. The highest BCUT2D eigenvalue weighted by atomic mass is 16.3. The number of rotatable bonds is 2. The van der Waals surface area contributed by atoms with E-state index >= 15 is 0 Å². The van der Waals surface area contributed by atoms with Crippen molar-refractivity contribution in [2.45, 2.75) is 133 Å². The van der Waals surface area contributed by atoms with Gasteiger partial charge in [-0.15, -0.1) is 0 Å². The number of aliphatic hydroxyl groups excluding tert-OH is 4. The summed E-state index contributed by atoms with van der Waals surface area (Å²) < 4.78 is 0. The summed E-state index contributed by atoms with van der Waals surface area (Å²) in [6.07, 6.45) is 20.8. The van der Waals surface area contributed by atoms with Crippen LogP contribution in [0.3, 0.4) is 0 Å². The second kappa shape index (κ2) is 31.3. The van der Waals surface area contributed by atoms with Crippen molar-refractivity contribution in [1.82, 2.24) is 39.6 Å². The fourth-order valence-electron chi connectivity index (χ4n) is 14.2. The summed E-state index contributed by atoms with van der Waals surface area (Å²) in [7, 11) is 10.6. The first-order valence-corrected chi connectivity index (χ1v) is 29.8. The van der Waals surface area contributed by atoms with Gasteiger partial charge in [0.2, 0.25) is 0 Å². The first-order valence-electron chi connectivity index (χ1n) is 29.8. The average molecular weight is 1070 g/mol. The van der Waals surface area contributed by atoms with E-state index in [-0.39, 0.29) is 36.3 Å². The number of nitrogens with zero attached hydrogens (tertiary/aromatic N) is 7. The molecule has 5 N–H and O–H groups in total. The maximum absolute atomic E-state index is 11.6. The van der Waals surface area contributed by atoms with Gasteiger partial charge in [-0.3, -0.25) is 24.1 Å². The average Bonchev–Trinajstić information content (AvgIpc) is 4.11. The molecule has 13 unspecified atom stereocenters. The van der Waals surface area contributed by atoms with Crippen molar-refractivity contribution < 1.29 is 39.6 Å². The number of carbonyl (C=O) groups excluding carboxylic acids is 4. The van der Waals surface area contributed by atoms with Gasteiger partial charge in [0.15, 0.2) is 5.78 Å². The molecule has 16 nitrogen and oxygen atoms in total. The molecule has 9 saturated heterocycles. The molecule has 10 heterocycles. The number of hydrogen-bond donors (Lipinski definition) is 5. The third-order valence-corrected chi connectivity index (χ3v) is 18.7. The predicted molar refractivity (Wildman–Crippen MR) is 302 cm³/mol. The monoisotopic (exact) mass is 1060 g/mol. The van der Waals surface area contributed by atoms with Crippen molar-refractivity contribution in [3.63, 3.8) is 0 Å². The molecular weight excluding hydrogens is 961 g/mol. The van der Waals surface area contributed by atoms with Crippen LogP contribution >= 0.6 is 0 Å². The Morgan fingerprint density at radius 1 is 0.566 bits per heavy atom. The highest BCUT2D eigenvalue weighted by Gasteiger charge is 2.52. The van der Waals surface area contributed by atoms with E-state index in [0.717, 1.165) is 142 Å². The number of ketones is 3. The third-order valence-electron chi connectivity index (χ3n) is 18.7. The topological polar surface area (TPSA) is 184 Å². The number of allylic oxidation sites excluding steroid dienone is 1. The van der Waals surface area contributed by atoms with Gasteiger partial charge in [-0.2, -0.15) is 0 Å². The SMILES string of the molecule is C=C1C2CCC(O)C1CN(C)C2.C=CC=O.CN1CC2CCC(O)C(C1)C2=O.CN1CC2CCC(O)C(C2)C1.CN1CC=C(N2CCCC2)CC1.CN1CCC(=O)CC1.O=C1C2CC3CC1N(C3)C2.OC1CCNCC1. The number of aldehydes is 1. The second-order valence-electron chi connectivity index (χ2n) is 25.0. The molecule has 13 fully saturated rings. The van der Waals surface area contributed by atoms with Gasteiger partial charge in [-0.05, 0) is 168 Å². The van der Waals surface area contributed by atoms with Gasteiger partial charge in [-0.1, -0.05) is 24.8 Å². The molecule has 4 saturated carbocycles. The van der Waals surface area contributed by atoms with E-state index in [1.807, 2.05) is 14.1 Å². The summed E-state index contributed by atoms with van der Waals surface area (Å²) in [5.74, 6) is 5.15. The third kappa shape index (κ3) is 18.9. The van der Waals surface area contributed by atoms with Crippen LogP contribution in [0.4, 0.5) is 0 Å². The minimum absolute atomic E-state index is 0.00556. The first kappa shape index (κ1) is 62.5. The molecule has 0 aromatic carbocycles. The van der Waals surface area contributed by atoms with Crippen molar-refractivity contribution in [2.24, 2.45) is 47.3 Å². The Morgan fingerprint density at radius 2 is 1.16 bits per heavy atom. The molecule has 4 aliphatic carbocycles. The molecule has 432 valence electrons. The summed E-state index contributed by atoms with van der Waals surface area (Å²) in [5, 5.41) is 40.9. The molecule has 0 aromatic heterocycles. The lowest BCUT2D eigenvalue weighted by Gasteiger charge is -2.44. The molecule has 76 heavy (non-hydrogen) atoms. The van der Waals surface area contributed by atoms with Gasteiger partial charge < -0.3 is 55.1 Å². The van der Waals surface area contributed by atoms with Crippen LogP contribution in [0, 0.1) is 47.3 Å². The Bertz CT molecular complexity index is 1810. The van der Waals surface area contributed by atoms with Crippen molar-refractivity contribution in [2.75, 3.05) is 140 Å². The number of likely N-dealkylation sites (N-methyl/N-ethyl adjacent to an activating group) is 1. The number of piperidine rings is 6. The maximum atomic E-state index is 11.6. The number of Topliss-reactive ketones (excluding diaryl/α,β-unsaturated/α-hetero) is 3. The number of carbonyl (C=O) groups is 4. The molecule has 10 aliphatic heterocycles. The Kier molecular flexibility index (Phi) is 25.7. The van der Waals surface area contributed by atoms with Crippen LogP contribution in [0.2, 0.25) is 0 Å². The molecule has 14 rings (SSSR count). The van der Waals surface area contributed by atoms with E-state index in [9.17, 15) is 29.7 Å². The molecule has 0 amide bonds. The highest BCUT2D eigenvalue weighted by Crippen LogP contribution is 2.43. The van der Waals surface area contributed by atoms with Crippen molar-refractivity contribution >= 4 is 23.6 Å². The van der Waals surface area contributed by atoms with Gasteiger partial charge in [0.05, 0.1) is 36.4 Å².